The second-order valence-electron chi connectivity index (χ2n) is 7.18. The van der Waals surface area contributed by atoms with Gasteiger partial charge in [-0.25, -0.2) is 0 Å². The highest BCUT2D eigenvalue weighted by Crippen LogP contribution is 2.44. The van der Waals surface area contributed by atoms with E-state index in [1.807, 2.05) is 0 Å². The van der Waals surface area contributed by atoms with E-state index >= 15 is 0 Å². The maximum Gasteiger partial charge on any atom is 0.246 e. The fourth-order valence-electron chi connectivity index (χ4n) is 4.31. The number of nitrogens with zero attached hydrogens (tertiary/aromatic N) is 2. The lowest BCUT2D eigenvalue weighted by Gasteiger charge is -2.33. The van der Waals surface area contributed by atoms with Crippen molar-refractivity contribution in [1.29, 1.82) is 0 Å². The molecule has 0 aromatic carbocycles. The first-order valence-corrected chi connectivity index (χ1v) is 8.46. The molecule has 1 saturated carbocycles. The summed E-state index contributed by atoms with van der Waals surface area (Å²) in [6.45, 7) is 2.26. The Labute approximate surface area is 125 Å². The molecule has 3 atom stereocenters. The van der Waals surface area contributed by atoms with Crippen LogP contribution < -0.4 is 5.73 Å². The first kappa shape index (κ1) is 13.7. The van der Waals surface area contributed by atoms with Gasteiger partial charge < -0.3 is 15.0 Å². The van der Waals surface area contributed by atoms with Crippen molar-refractivity contribution in [3.05, 3.63) is 11.7 Å². The Hall–Kier alpha value is -0.940. The number of hydrogen-bond donors (Lipinski definition) is 1. The molecule has 21 heavy (non-hydrogen) atoms. The van der Waals surface area contributed by atoms with E-state index in [2.05, 4.69) is 17.1 Å². The van der Waals surface area contributed by atoms with Crippen molar-refractivity contribution < 1.29 is 9.26 Å². The van der Waals surface area contributed by atoms with E-state index in [0.29, 0.717) is 24.0 Å². The van der Waals surface area contributed by atoms with Crippen LogP contribution in [-0.4, -0.2) is 22.3 Å². The second-order valence-corrected chi connectivity index (χ2v) is 7.18. The lowest BCUT2D eigenvalue weighted by molar-refractivity contribution is 0.0996. The van der Waals surface area contributed by atoms with Crippen LogP contribution in [0.15, 0.2) is 4.52 Å². The minimum Gasteiger partial charge on any atom is -0.374 e. The lowest BCUT2D eigenvalue weighted by Crippen LogP contribution is -2.40. The van der Waals surface area contributed by atoms with E-state index in [4.69, 9.17) is 15.0 Å². The Morgan fingerprint density at radius 1 is 1.24 bits per heavy atom. The molecule has 4 rings (SSSR count). The van der Waals surface area contributed by atoms with Crippen LogP contribution in [0.1, 0.15) is 75.9 Å². The van der Waals surface area contributed by atoms with Crippen LogP contribution in [0.25, 0.3) is 0 Å². The monoisotopic (exact) mass is 291 g/mol. The van der Waals surface area contributed by atoms with Crippen molar-refractivity contribution in [3.8, 4) is 0 Å². The second kappa shape index (κ2) is 5.06. The van der Waals surface area contributed by atoms with Gasteiger partial charge in [0.05, 0.1) is 23.7 Å². The normalized spacial score (nSPS) is 42.6. The first-order chi connectivity index (χ1) is 10.2. The largest absolute Gasteiger partial charge is 0.374 e. The minimum absolute atomic E-state index is 0.296. The average molecular weight is 291 g/mol. The summed E-state index contributed by atoms with van der Waals surface area (Å²) in [6, 6.07) is 0. The number of aromatic nitrogens is 2. The molecule has 3 heterocycles. The van der Waals surface area contributed by atoms with Crippen LogP contribution in [-0.2, 0) is 10.3 Å². The van der Waals surface area contributed by atoms with Gasteiger partial charge in [0.15, 0.2) is 5.82 Å². The number of ether oxygens (including phenoxy) is 1. The molecule has 3 fully saturated rings. The molecular formula is C16H25N3O2. The van der Waals surface area contributed by atoms with E-state index in [0.717, 1.165) is 37.4 Å². The molecule has 3 aliphatic rings. The van der Waals surface area contributed by atoms with Gasteiger partial charge in [-0.1, -0.05) is 18.5 Å². The summed E-state index contributed by atoms with van der Waals surface area (Å²) in [4.78, 5) is 4.67. The predicted octanol–water partition coefficient (Wildman–Crippen LogP) is 2.86. The predicted molar refractivity (Wildman–Crippen MR) is 77.7 cm³/mol. The van der Waals surface area contributed by atoms with Crippen LogP contribution in [0.4, 0.5) is 0 Å². The fourth-order valence-corrected chi connectivity index (χ4v) is 4.31. The molecule has 2 saturated heterocycles. The highest BCUT2D eigenvalue weighted by Gasteiger charge is 2.45. The van der Waals surface area contributed by atoms with Crippen LogP contribution in [0, 0.1) is 5.92 Å². The molecule has 5 nitrogen and oxygen atoms in total. The molecule has 0 amide bonds. The molecule has 1 aromatic rings. The zero-order valence-electron chi connectivity index (χ0n) is 12.8. The Bertz CT molecular complexity index is 507. The van der Waals surface area contributed by atoms with Crippen molar-refractivity contribution in [2.24, 2.45) is 11.7 Å². The molecule has 2 aliphatic heterocycles. The lowest BCUT2D eigenvalue weighted by atomic mass is 9.76. The van der Waals surface area contributed by atoms with Crippen LogP contribution in [0.5, 0.6) is 0 Å². The van der Waals surface area contributed by atoms with Crippen LogP contribution >= 0.6 is 0 Å². The van der Waals surface area contributed by atoms with E-state index < -0.39 is 5.54 Å². The van der Waals surface area contributed by atoms with E-state index in [9.17, 15) is 0 Å². The number of hydrogen-bond acceptors (Lipinski definition) is 5. The SMILES string of the molecule is CCC1CCC(N)(c2nc(C3CC4CCC3O4)no2)CC1. The average Bonchev–Trinajstić information content (AvgIpc) is 3.24. The molecule has 2 bridgehead atoms. The van der Waals surface area contributed by atoms with Crippen molar-refractivity contribution >= 4 is 0 Å². The summed E-state index contributed by atoms with van der Waals surface area (Å²) in [5.74, 6) is 2.59. The molecule has 1 aromatic heterocycles. The van der Waals surface area contributed by atoms with Gasteiger partial charge in [0.1, 0.15) is 0 Å². The summed E-state index contributed by atoms with van der Waals surface area (Å²) in [5, 5.41) is 4.23. The van der Waals surface area contributed by atoms with Gasteiger partial charge >= 0.3 is 0 Å². The molecular weight excluding hydrogens is 266 g/mol. The third-order valence-electron chi connectivity index (χ3n) is 5.88. The maximum atomic E-state index is 6.56. The van der Waals surface area contributed by atoms with Crippen molar-refractivity contribution in [3.63, 3.8) is 0 Å². The fraction of sp³-hybridized carbons (Fsp3) is 0.875. The molecule has 0 radical (unpaired) electrons. The number of nitrogens with two attached hydrogens (primary N) is 1. The summed E-state index contributed by atoms with van der Waals surface area (Å²) < 4.78 is 11.4. The van der Waals surface area contributed by atoms with Crippen LogP contribution in [0.3, 0.4) is 0 Å². The zero-order chi connectivity index (χ0) is 14.4. The Morgan fingerprint density at radius 2 is 2.05 bits per heavy atom. The van der Waals surface area contributed by atoms with Crippen molar-refractivity contribution in [1.82, 2.24) is 10.1 Å². The van der Waals surface area contributed by atoms with E-state index in [1.54, 1.807) is 0 Å². The standard InChI is InChI=1S/C16H25N3O2/c1-2-10-5-7-16(17,8-6-10)15-18-14(19-21-15)12-9-11-3-4-13(12)20-11/h10-13H,2-9,17H2,1H3. The number of fused-ring (bicyclic) bond motifs is 2. The topological polar surface area (TPSA) is 74.2 Å². The van der Waals surface area contributed by atoms with Gasteiger partial charge in [-0.05, 0) is 50.9 Å². The number of rotatable bonds is 3. The Kier molecular flexibility index (Phi) is 3.30. The van der Waals surface area contributed by atoms with Crippen LogP contribution in [0.2, 0.25) is 0 Å². The maximum absolute atomic E-state index is 6.56. The van der Waals surface area contributed by atoms with Gasteiger partial charge in [-0.2, -0.15) is 4.98 Å². The van der Waals surface area contributed by atoms with Crippen molar-refractivity contribution in [2.75, 3.05) is 0 Å². The van der Waals surface area contributed by atoms with Crippen molar-refractivity contribution in [2.45, 2.75) is 82.0 Å². The summed E-state index contributed by atoms with van der Waals surface area (Å²) in [6.07, 6.45) is 9.56. The summed E-state index contributed by atoms with van der Waals surface area (Å²) in [5.41, 5.74) is 6.15. The Morgan fingerprint density at radius 3 is 2.67 bits per heavy atom. The molecule has 2 N–H and O–H groups in total. The van der Waals surface area contributed by atoms with Gasteiger partial charge in [-0.3, -0.25) is 0 Å². The highest BCUT2D eigenvalue weighted by atomic mass is 16.5. The minimum atomic E-state index is -0.407. The third-order valence-corrected chi connectivity index (χ3v) is 5.88. The third kappa shape index (κ3) is 2.30. The molecule has 1 aliphatic carbocycles. The molecule has 116 valence electrons. The van der Waals surface area contributed by atoms with E-state index in [-0.39, 0.29) is 0 Å². The summed E-state index contributed by atoms with van der Waals surface area (Å²) >= 11 is 0. The smallest absolute Gasteiger partial charge is 0.246 e. The van der Waals surface area contributed by atoms with Gasteiger partial charge in [-0.15, -0.1) is 0 Å². The Balaban J connectivity index is 1.49. The zero-order valence-corrected chi connectivity index (χ0v) is 12.8. The quantitative estimate of drug-likeness (QED) is 0.927. The molecule has 5 heteroatoms. The summed E-state index contributed by atoms with van der Waals surface area (Å²) in [7, 11) is 0. The first-order valence-electron chi connectivity index (χ1n) is 8.46. The van der Waals surface area contributed by atoms with Gasteiger partial charge in [0.2, 0.25) is 5.89 Å². The molecule has 0 spiro atoms. The molecule has 3 unspecified atom stereocenters. The van der Waals surface area contributed by atoms with Gasteiger partial charge in [0.25, 0.3) is 0 Å². The van der Waals surface area contributed by atoms with Gasteiger partial charge in [0, 0.05) is 0 Å². The van der Waals surface area contributed by atoms with E-state index in [1.165, 1.54) is 25.7 Å². The highest BCUT2D eigenvalue weighted by molar-refractivity contribution is 5.10.